The summed E-state index contributed by atoms with van der Waals surface area (Å²) < 4.78 is 0. The predicted molar refractivity (Wildman–Crippen MR) is 87.1 cm³/mol. The van der Waals surface area contributed by atoms with Crippen LogP contribution in [0.25, 0.3) is 0 Å². The van der Waals surface area contributed by atoms with Crippen LogP contribution in [0, 0.1) is 13.8 Å². The molecule has 0 aliphatic rings. The average molecular weight is 294 g/mol. The molecule has 3 nitrogen and oxygen atoms in total. The molecule has 1 amide bonds. The third-order valence-electron chi connectivity index (χ3n) is 3.34. The van der Waals surface area contributed by atoms with Gasteiger partial charge < -0.3 is 11.1 Å². The molecule has 0 saturated heterocycles. The number of carbonyl (C=O) groups is 1. The lowest BCUT2D eigenvalue weighted by Crippen LogP contribution is -2.55. The van der Waals surface area contributed by atoms with Crippen molar-refractivity contribution in [3.05, 3.63) is 29.3 Å². The molecular weight excluding hydrogens is 268 g/mol. The maximum Gasteiger partial charge on any atom is 0.237 e. The van der Waals surface area contributed by atoms with Crippen molar-refractivity contribution in [2.24, 2.45) is 5.73 Å². The first-order valence-corrected chi connectivity index (χ1v) is 8.01. The minimum atomic E-state index is -0.639. The minimum Gasteiger partial charge on any atom is -0.368 e. The van der Waals surface area contributed by atoms with E-state index in [0.29, 0.717) is 0 Å². The third kappa shape index (κ3) is 4.84. The van der Waals surface area contributed by atoms with E-state index in [2.05, 4.69) is 37.4 Å². The number of benzene rings is 1. The highest BCUT2D eigenvalue weighted by Gasteiger charge is 2.30. The van der Waals surface area contributed by atoms with Crippen molar-refractivity contribution < 1.29 is 4.79 Å². The van der Waals surface area contributed by atoms with E-state index in [0.717, 1.165) is 12.2 Å². The molecule has 0 spiro atoms. The van der Waals surface area contributed by atoms with Crippen LogP contribution in [0.2, 0.25) is 0 Å². The van der Waals surface area contributed by atoms with Gasteiger partial charge in [-0.1, -0.05) is 17.7 Å². The Hall–Kier alpha value is -1.00. The molecule has 0 saturated carbocycles. The largest absolute Gasteiger partial charge is 0.368 e. The molecule has 0 aliphatic carbocycles. The third-order valence-corrected chi connectivity index (χ3v) is 4.52. The Morgan fingerprint density at radius 3 is 2.55 bits per heavy atom. The second-order valence-electron chi connectivity index (χ2n) is 5.86. The van der Waals surface area contributed by atoms with Gasteiger partial charge >= 0.3 is 0 Å². The van der Waals surface area contributed by atoms with Crippen molar-refractivity contribution in [2.75, 3.05) is 5.75 Å². The van der Waals surface area contributed by atoms with Crippen LogP contribution in [0.1, 0.15) is 38.3 Å². The molecule has 0 bridgehead atoms. The Labute approximate surface area is 126 Å². The lowest BCUT2D eigenvalue weighted by molar-refractivity contribution is -0.124. The number of hydrogen-bond acceptors (Lipinski definition) is 3. The number of carbonyl (C=O) groups excluding carboxylic acids is 1. The first kappa shape index (κ1) is 17.1. The summed E-state index contributed by atoms with van der Waals surface area (Å²) in [6, 6.07) is 6.68. The van der Waals surface area contributed by atoms with Gasteiger partial charge in [0, 0.05) is 16.7 Å². The Morgan fingerprint density at radius 2 is 2.05 bits per heavy atom. The molecule has 0 heterocycles. The maximum atomic E-state index is 11.7. The second kappa shape index (κ2) is 7.14. The predicted octanol–water partition coefficient (Wildman–Crippen LogP) is 3.03. The van der Waals surface area contributed by atoms with Gasteiger partial charge in [0.05, 0.1) is 5.54 Å². The van der Waals surface area contributed by atoms with Gasteiger partial charge in [-0.2, -0.15) is 0 Å². The monoisotopic (exact) mass is 294 g/mol. The molecule has 0 radical (unpaired) electrons. The molecular formula is C16H26N2OS. The smallest absolute Gasteiger partial charge is 0.237 e. The maximum absolute atomic E-state index is 11.7. The van der Waals surface area contributed by atoms with E-state index < -0.39 is 5.54 Å². The molecule has 4 heteroatoms. The zero-order valence-corrected chi connectivity index (χ0v) is 13.9. The van der Waals surface area contributed by atoms with Crippen molar-refractivity contribution >= 4 is 17.7 Å². The topological polar surface area (TPSA) is 55.1 Å². The van der Waals surface area contributed by atoms with Crippen LogP contribution < -0.4 is 11.1 Å². The van der Waals surface area contributed by atoms with Crippen molar-refractivity contribution in [2.45, 2.75) is 57.5 Å². The van der Waals surface area contributed by atoms with E-state index in [-0.39, 0.29) is 11.9 Å². The van der Waals surface area contributed by atoms with Crippen LogP contribution in [-0.2, 0) is 4.79 Å². The van der Waals surface area contributed by atoms with Gasteiger partial charge in [-0.15, -0.1) is 11.8 Å². The van der Waals surface area contributed by atoms with Crippen LogP contribution >= 0.6 is 11.8 Å². The summed E-state index contributed by atoms with van der Waals surface area (Å²) in [6.07, 6.45) is 0.721. The number of nitrogens with two attached hydrogens (primary N) is 1. The van der Waals surface area contributed by atoms with Crippen LogP contribution in [0.5, 0.6) is 0 Å². The Bertz CT molecular complexity index is 474. The summed E-state index contributed by atoms with van der Waals surface area (Å²) in [5.41, 5.74) is 7.46. The van der Waals surface area contributed by atoms with Gasteiger partial charge in [0.15, 0.2) is 0 Å². The molecule has 1 aromatic carbocycles. The van der Waals surface area contributed by atoms with Gasteiger partial charge in [-0.05, 0) is 52.7 Å². The lowest BCUT2D eigenvalue weighted by atomic mass is 9.97. The van der Waals surface area contributed by atoms with Gasteiger partial charge in [-0.25, -0.2) is 0 Å². The summed E-state index contributed by atoms with van der Waals surface area (Å²) in [7, 11) is 0. The van der Waals surface area contributed by atoms with Gasteiger partial charge in [0.2, 0.25) is 5.91 Å². The SMILES string of the molecule is Cc1ccc(SCCC(C)(NC(C)C)C(N)=O)c(C)c1. The average Bonchev–Trinajstić information content (AvgIpc) is 2.30. The molecule has 1 rings (SSSR count). The summed E-state index contributed by atoms with van der Waals surface area (Å²) in [5.74, 6) is 0.579. The number of aryl methyl sites for hydroxylation is 2. The van der Waals surface area contributed by atoms with Gasteiger partial charge in [0.1, 0.15) is 0 Å². The first-order valence-electron chi connectivity index (χ1n) is 7.02. The van der Waals surface area contributed by atoms with E-state index in [9.17, 15) is 4.79 Å². The number of thioether (sulfide) groups is 1. The highest BCUT2D eigenvalue weighted by atomic mass is 32.2. The highest BCUT2D eigenvalue weighted by molar-refractivity contribution is 7.99. The highest BCUT2D eigenvalue weighted by Crippen LogP contribution is 2.26. The van der Waals surface area contributed by atoms with E-state index in [1.54, 1.807) is 11.8 Å². The van der Waals surface area contributed by atoms with Crippen molar-refractivity contribution in [3.8, 4) is 0 Å². The second-order valence-corrected chi connectivity index (χ2v) is 7.00. The quantitative estimate of drug-likeness (QED) is 0.760. The fourth-order valence-corrected chi connectivity index (χ4v) is 3.41. The lowest BCUT2D eigenvalue weighted by Gasteiger charge is -2.29. The molecule has 1 aromatic rings. The molecule has 1 unspecified atom stereocenters. The molecule has 0 aliphatic heterocycles. The molecule has 0 fully saturated rings. The number of primary amides is 1. The fraction of sp³-hybridized carbons (Fsp3) is 0.562. The molecule has 112 valence electrons. The van der Waals surface area contributed by atoms with Crippen LogP contribution in [0.3, 0.4) is 0 Å². The molecule has 1 atom stereocenters. The van der Waals surface area contributed by atoms with Crippen LogP contribution in [0.15, 0.2) is 23.1 Å². The Balaban J connectivity index is 2.63. The zero-order valence-electron chi connectivity index (χ0n) is 13.1. The zero-order chi connectivity index (χ0) is 15.3. The van der Waals surface area contributed by atoms with Crippen molar-refractivity contribution in [1.29, 1.82) is 0 Å². The van der Waals surface area contributed by atoms with E-state index >= 15 is 0 Å². The Kier molecular flexibility index (Phi) is 6.08. The standard InChI is InChI=1S/C16H26N2OS/c1-11(2)18-16(5,15(17)19)8-9-20-14-7-6-12(3)10-13(14)4/h6-7,10-11,18H,8-9H2,1-5H3,(H2,17,19). The summed E-state index contributed by atoms with van der Waals surface area (Å²) in [6.45, 7) is 10.2. The fourth-order valence-electron chi connectivity index (χ4n) is 2.23. The normalized spacial score (nSPS) is 14.3. The van der Waals surface area contributed by atoms with Crippen LogP contribution in [-0.4, -0.2) is 23.2 Å². The summed E-state index contributed by atoms with van der Waals surface area (Å²) >= 11 is 1.78. The molecule has 20 heavy (non-hydrogen) atoms. The van der Waals surface area contributed by atoms with Crippen molar-refractivity contribution in [3.63, 3.8) is 0 Å². The number of amides is 1. The van der Waals surface area contributed by atoms with Gasteiger partial charge in [0.25, 0.3) is 0 Å². The number of nitrogens with one attached hydrogen (secondary N) is 1. The summed E-state index contributed by atoms with van der Waals surface area (Å²) in [4.78, 5) is 12.9. The van der Waals surface area contributed by atoms with Crippen LogP contribution in [0.4, 0.5) is 0 Å². The molecule has 3 N–H and O–H groups in total. The minimum absolute atomic E-state index is 0.235. The first-order chi connectivity index (χ1) is 9.24. The van der Waals surface area contributed by atoms with Gasteiger partial charge in [-0.3, -0.25) is 4.79 Å². The summed E-state index contributed by atoms with van der Waals surface area (Å²) in [5, 5.41) is 3.28. The van der Waals surface area contributed by atoms with Crippen molar-refractivity contribution in [1.82, 2.24) is 5.32 Å². The van der Waals surface area contributed by atoms with E-state index in [1.165, 1.54) is 16.0 Å². The number of hydrogen-bond donors (Lipinski definition) is 2. The van der Waals surface area contributed by atoms with E-state index in [1.807, 2.05) is 20.8 Å². The molecule has 0 aromatic heterocycles. The van der Waals surface area contributed by atoms with E-state index in [4.69, 9.17) is 5.73 Å². The number of rotatable bonds is 7. The Morgan fingerprint density at radius 1 is 1.40 bits per heavy atom.